The molecule has 1 rings (SSSR count). The van der Waals surface area contributed by atoms with Gasteiger partial charge in [0.2, 0.25) is 35.4 Å². The Hall–Kier alpha value is -4.33. The van der Waals surface area contributed by atoms with Crippen LogP contribution in [-0.4, -0.2) is 79.5 Å². The van der Waals surface area contributed by atoms with E-state index < -0.39 is 66.7 Å². The summed E-state index contributed by atoms with van der Waals surface area (Å²) in [5.74, 6) is -3.68. The van der Waals surface area contributed by atoms with Gasteiger partial charge in [-0.05, 0) is 24.8 Å². The number of carbonyl (C=O) groups excluding carboxylic acids is 7. The molecule has 0 aliphatic carbocycles. The minimum absolute atomic E-state index is 0.0791. The molecule has 208 valence electrons. The molecule has 0 unspecified atom stereocenters. The summed E-state index contributed by atoms with van der Waals surface area (Å²) in [6.45, 7) is 0.426. The zero-order valence-corrected chi connectivity index (χ0v) is 21.2. The summed E-state index contributed by atoms with van der Waals surface area (Å²) in [7, 11) is 0. The van der Waals surface area contributed by atoms with E-state index in [1.807, 2.05) is 6.07 Å². The van der Waals surface area contributed by atoms with Gasteiger partial charge < -0.3 is 42.8 Å². The van der Waals surface area contributed by atoms with Gasteiger partial charge >= 0.3 is 0 Å². The molecule has 9 N–H and O–H groups in total. The number of hydrogen-bond donors (Lipinski definition) is 7. The molecular formula is C24H35N7O7. The van der Waals surface area contributed by atoms with E-state index in [4.69, 9.17) is 11.5 Å². The highest BCUT2D eigenvalue weighted by Crippen LogP contribution is 2.02. The van der Waals surface area contributed by atoms with Crippen LogP contribution in [0.2, 0.25) is 0 Å². The normalized spacial score (nSPS) is 12.7. The molecule has 3 atom stereocenters. The van der Waals surface area contributed by atoms with Gasteiger partial charge in [0.15, 0.2) is 0 Å². The maximum Gasteiger partial charge on any atom is 0.243 e. The molecular weight excluding hydrogens is 498 g/mol. The maximum atomic E-state index is 12.7. The Morgan fingerprint density at radius 3 is 2.11 bits per heavy atom. The lowest BCUT2D eigenvalue weighted by molar-refractivity contribution is -0.131. The molecule has 0 saturated heterocycles. The van der Waals surface area contributed by atoms with Crippen molar-refractivity contribution in [2.75, 3.05) is 19.6 Å². The lowest BCUT2D eigenvalue weighted by Gasteiger charge is -2.19. The molecule has 1 aromatic rings. The topological polar surface area (TPSA) is 232 Å². The predicted molar refractivity (Wildman–Crippen MR) is 136 cm³/mol. The summed E-state index contributed by atoms with van der Waals surface area (Å²) in [5.41, 5.74) is 11.4. The predicted octanol–water partition coefficient (Wildman–Crippen LogP) is -3.25. The highest BCUT2D eigenvalue weighted by atomic mass is 16.2. The average molecular weight is 534 g/mol. The second kappa shape index (κ2) is 17.2. The number of aldehydes is 1. The standard InChI is InChI=1S/C24H35N7O7/c1-15(33)28-12-22(36)31-19(7-8-20(34)27-10-9-18(25)23(26)37)24(38)29-13-21(35)30-17(14-32)11-16-5-3-2-4-6-16/h2-6,14,17-19H,7-13,25H2,1H3,(H2,26,37)(H,27,34)(H,28,33)(H,29,38)(H,30,35)(H,31,36)/t17-,18+,19+/m1/s1. The highest BCUT2D eigenvalue weighted by molar-refractivity contribution is 5.92. The zero-order valence-electron chi connectivity index (χ0n) is 21.2. The van der Waals surface area contributed by atoms with Crippen molar-refractivity contribution < 1.29 is 33.6 Å². The number of hydrogen-bond acceptors (Lipinski definition) is 8. The molecule has 14 nitrogen and oxygen atoms in total. The van der Waals surface area contributed by atoms with E-state index >= 15 is 0 Å². The summed E-state index contributed by atoms with van der Waals surface area (Å²) < 4.78 is 0. The van der Waals surface area contributed by atoms with E-state index in [1.54, 1.807) is 24.3 Å². The fraction of sp³-hybridized carbons (Fsp3) is 0.458. The van der Waals surface area contributed by atoms with Crippen LogP contribution in [0.1, 0.15) is 31.7 Å². The Labute approximate surface area is 220 Å². The van der Waals surface area contributed by atoms with Crippen LogP contribution in [0.4, 0.5) is 0 Å². The van der Waals surface area contributed by atoms with Crippen molar-refractivity contribution in [3.05, 3.63) is 35.9 Å². The monoisotopic (exact) mass is 533 g/mol. The Kier molecular flexibility index (Phi) is 14.3. The number of primary amides is 1. The minimum atomic E-state index is -1.20. The molecule has 1 aromatic carbocycles. The van der Waals surface area contributed by atoms with Crippen LogP contribution >= 0.6 is 0 Å². The molecule has 0 bridgehead atoms. The van der Waals surface area contributed by atoms with Crippen LogP contribution in [0.5, 0.6) is 0 Å². The lowest BCUT2D eigenvalue weighted by Crippen LogP contribution is -2.52. The summed E-state index contributed by atoms with van der Waals surface area (Å²) in [6, 6.07) is 6.12. The SMILES string of the molecule is CC(=O)NCC(=O)N[C@@H](CCC(=O)NCC[C@H](N)C(N)=O)C(=O)NCC(=O)N[C@@H](C=O)Cc1ccccc1. The summed E-state index contributed by atoms with van der Waals surface area (Å²) in [4.78, 5) is 82.6. The molecule has 0 aliphatic rings. The Bertz CT molecular complexity index is 988. The van der Waals surface area contributed by atoms with Crippen LogP contribution < -0.4 is 38.1 Å². The smallest absolute Gasteiger partial charge is 0.243 e. The average Bonchev–Trinajstić information content (AvgIpc) is 2.88. The van der Waals surface area contributed by atoms with Crippen molar-refractivity contribution in [2.24, 2.45) is 11.5 Å². The second-order valence-corrected chi connectivity index (χ2v) is 8.43. The largest absolute Gasteiger partial charge is 0.368 e. The second-order valence-electron chi connectivity index (χ2n) is 8.43. The minimum Gasteiger partial charge on any atom is -0.368 e. The number of benzene rings is 1. The maximum absolute atomic E-state index is 12.7. The Balaban J connectivity index is 2.64. The van der Waals surface area contributed by atoms with E-state index in [0.717, 1.165) is 5.56 Å². The van der Waals surface area contributed by atoms with Crippen molar-refractivity contribution >= 4 is 41.7 Å². The first kappa shape index (κ1) is 31.7. The van der Waals surface area contributed by atoms with Gasteiger partial charge in [-0.25, -0.2) is 0 Å². The van der Waals surface area contributed by atoms with Crippen LogP contribution in [0, 0.1) is 0 Å². The Morgan fingerprint density at radius 1 is 0.868 bits per heavy atom. The molecule has 6 amide bonds. The van der Waals surface area contributed by atoms with Crippen LogP contribution in [-0.2, 0) is 40.0 Å². The first-order valence-corrected chi connectivity index (χ1v) is 11.9. The van der Waals surface area contributed by atoms with Crippen LogP contribution in [0.25, 0.3) is 0 Å². The summed E-state index contributed by atoms with van der Waals surface area (Å²) in [6.07, 6.45) is 0.677. The third-order valence-corrected chi connectivity index (χ3v) is 5.18. The number of nitrogens with two attached hydrogens (primary N) is 2. The van der Waals surface area contributed by atoms with Gasteiger partial charge in [0, 0.05) is 19.9 Å². The molecule has 0 saturated carbocycles. The van der Waals surface area contributed by atoms with Gasteiger partial charge in [-0.1, -0.05) is 30.3 Å². The van der Waals surface area contributed by atoms with E-state index in [-0.39, 0.29) is 32.2 Å². The quantitative estimate of drug-likeness (QED) is 0.100. The Morgan fingerprint density at radius 2 is 1.50 bits per heavy atom. The fourth-order valence-electron chi connectivity index (χ4n) is 3.14. The van der Waals surface area contributed by atoms with Gasteiger partial charge in [-0.3, -0.25) is 28.8 Å². The number of rotatable bonds is 17. The van der Waals surface area contributed by atoms with E-state index in [1.165, 1.54) is 6.92 Å². The number of carbonyl (C=O) groups is 7. The number of amides is 6. The number of nitrogens with one attached hydrogen (secondary N) is 5. The summed E-state index contributed by atoms with van der Waals surface area (Å²) in [5, 5.41) is 12.1. The van der Waals surface area contributed by atoms with Crippen molar-refractivity contribution in [1.82, 2.24) is 26.6 Å². The van der Waals surface area contributed by atoms with Crippen molar-refractivity contribution in [2.45, 2.75) is 50.7 Å². The lowest BCUT2D eigenvalue weighted by atomic mass is 10.1. The molecule has 0 aliphatic heterocycles. The molecule has 0 radical (unpaired) electrons. The van der Waals surface area contributed by atoms with E-state index in [0.29, 0.717) is 6.29 Å². The van der Waals surface area contributed by atoms with Crippen molar-refractivity contribution in [1.29, 1.82) is 0 Å². The van der Waals surface area contributed by atoms with Crippen molar-refractivity contribution in [3.63, 3.8) is 0 Å². The first-order valence-electron chi connectivity index (χ1n) is 11.9. The third kappa shape index (κ3) is 13.7. The third-order valence-electron chi connectivity index (χ3n) is 5.18. The van der Waals surface area contributed by atoms with Crippen LogP contribution in [0.3, 0.4) is 0 Å². The molecule has 14 heteroatoms. The molecule has 0 aromatic heterocycles. The molecule has 0 spiro atoms. The van der Waals surface area contributed by atoms with Gasteiger partial charge in [-0.2, -0.15) is 0 Å². The highest BCUT2D eigenvalue weighted by Gasteiger charge is 2.23. The van der Waals surface area contributed by atoms with E-state index in [2.05, 4.69) is 26.6 Å². The van der Waals surface area contributed by atoms with Gasteiger partial charge in [0.1, 0.15) is 12.3 Å². The van der Waals surface area contributed by atoms with E-state index in [9.17, 15) is 33.6 Å². The van der Waals surface area contributed by atoms with Crippen molar-refractivity contribution in [3.8, 4) is 0 Å². The first-order chi connectivity index (χ1) is 18.0. The summed E-state index contributed by atoms with van der Waals surface area (Å²) >= 11 is 0. The molecule has 0 fully saturated rings. The molecule has 0 heterocycles. The van der Waals surface area contributed by atoms with Gasteiger partial charge in [0.25, 0.3) is 0 Å². The van der Waals surface area contributed by atoms with Gasteiger partial charge in [0.05, 0.1) is 25.2 Å². The zero-order chi connectivity index (χ0) is 28.5. The van der Waals surface area contributed by atoms with Gasteiger partial charge in [-0.15, -0.1) is 0 Å². The fourth-order valence-corrected chi connectivity index (χ4v) is 3.14. The van der Waals surface area contributed by atoms with Crippen LogP contribution in [0.15, 0.2) is 30.3 Å². The molecule has 38 heavy (non-hydrogen) atoms.